The van der Waals surface area contributed by atoms with Gasteiger partial charge in [-0.05, 0) is 31.0 Å². The zero-order valence-corrected chi connectivity index (χ0v) is 20.0. The van der Waals surface area contributed by atoms with Crippen LogP contribution in [-0.2, 0) is 9.59 Å². The highest BCUT2D eigenvalue weighted by atomic mass is 16.2. The summed E-state index contributed by atoms with van der Waals surface area (Å²) in [6.07, 6.45) is 6.55. The molecule has 0 spiro atoms. The summed E-state index contributed by atoms with van der Waals surface area (Å²) in [6, 6.07) is 5.63. The van der Waals surface area contributed by atoms with Gasteiger partial charge >= 0.3 is 6.03 Å². The average molecular weight is 467 g/mol. The number of hydrazine groups is 1. The van der Waals surface area contributed by atoms with Crippen molar-refractivity contribution in [3.63, 3.8) is 0 Å². The Labute approximate surface area is 198 Å². The van der Waals surface area contributed by atoms with E-state index in [1.807, 2.05) is 46.1 Å². The van der Waals surface area contributed by atoms with Crippen LogP contribution in [0.1, 0.15) is 38.2 Å². The molecule has 0 saturated carbocycles. The first kappa shape index (κ1) is 23.4. The van der Waals surface area contributed by atoms with Crippen LogP contribution in [0.3, 0.4) is 0 Å². The first-order chi connectivity index (χ1) is 16.3. The van der Waals surface area contributed by atoms with Crippen molar-refractivity contribution in [3.05, 3.63) is 23.8 Å². The standard InChI is InChI=1S/C16H20N4O2.C7H10N4O/c1-5-6-11-14(21)19-13-9-10(2)7-8-12(13)17-16(18(3)4)20(19)15(11)22;12-7(10-5-1-3-8-10)11-6-2-4-9-11/h7-9,11H,5-6H2,1-4H3;3-4H,1-2,5-6H2. The van der Waals surface area contributed by atoms with E-state index in [1.54, 1.807) is 17.3 Å². The second-order valence-corrected chi connectivity index (χ2v) is 8.64. The number of urea groups is 1. The van der Waals surface area contributed by atoms with Crippen molar-refractivity contribution < 1.29 is 14.4 Å². The van der Waals surface area contributed by atoms with Crippen molar-refractivity contribution in [2.75, 3.05) is 32.2 Å². The Morgan fingerprint density at radius 1 is 1.03 bits per heavy atom. The number of anilines is 1. The van der Waals surface area contributed by atoms with Gasteiger partial charge in [0.15, 0.2) is 0 Å². The maximum atomic E-state index is 12.8. The molecule has 1 unspecified atom stereocenters. The van der Waals surface area contributed by atoms with E-state index in [1.165, 1.54) is 20.0 Å². The van der Waals surface area contributed by atoms with Gasteiger partial charge < -0.3 is 4.90 Å². The minimum Gasteiger partial charge on any atom is -0.347 e. The third-order valence-corrected chi connectivity index (χ3v) is 5.78. The molecule has 1 atom stereocenters. The molecule has 180 valence electrons. The number of fused-ring (bicyclic) bond motifs is 3. The molecule has 5 rings (SSSR count). The molecule has 0 bridgehead atoms. The summed E-state index contributed by atoms with van der Waals surface area (Å²) in [6.45, 7) is 5.31. The molecule has 4 aliphatic heterocycles. The van der Waals surface area contributed by atoms with Gasteiger partial charge in [0.05, 0.1) is 24.5 Å². The van der Waals surface area contributed by atoms with Gasteiger partial charge in [0.1, 0.15) is 5.92 Å². The normalized spacial score (nSPS) is 20.4. The quantitative estimate of drug-likeness (QED) is 0.625. The SMILES string of the molecule is CCCC1C(=O)N2C(N(C)C)=Nc3ccc(C)cc3N2C1=O.O=C(N1CCC=N1)N1CCC=N1. The molecule has 1 fully saturated rings. The number of guanidine groups is 1. The van der Waals surface area contributed by atoms with Gasteiger partial charge in [-0.1, -0.05) is 19.4 Å². The molecule has 4 heterocycles. The third kappa shape index (κ3) is 4.25. The van der Waals surface area contributed by atoms with Crippen LogP contribution < -0.4 is 5.01 Å². The second kappa shape index (κ2) is 9.62. The van der Waals surface area contributed by atoms with Gasteiger partial charge in [-0.2, -0.15) is 15.2 Å². The van der Waals surface area contributed by atoms with Crippen molar-refractivity contribution in [1.29, 1.82) is 0 Å². The summed E-state index contributed by atoms with van der Waals surface area (Å²) in [5.41, 5.74) is 2.42. The first-order valence-electron chi connectivity index (χ1n) is 11.5. The van der Waals surface area contributed by atoms with Crippen LogP contribution in [0.25, 0.3) is 0 Å². The number of aryl methyl sites for hydroxylation is 1. The molecule has 0 radical (unpaired) electrons. The van der Waals surface area contributed by atoms with Crippen LogP contribution in [0.4, 0.5) is 16.2 Å². The zero-order chi connectivity index (χ0) is 24.4. The molecule has 11 nitrogen and oxygen atoms in total. The van der Waals surface area contributed by atoms with Gasteiger partial charge in [0.2, 0.25) is 5.96 Å². The number of amides is 4. The molecule has 11 heteroatoms. The fraction of sp³-hybridized carbons (Fsp3) is 0.478. The third-order valence-electron chi connectivity index (χ3n) is 5.78. The van der Waals surface area contributed by atoms with Gasteiger partial charge in [0.25, 0.3) is 11.8 Å². The van der Waals surface area contributed by atoms with Crippen molar-refractivity contribution in [2.24, 2.45) is 21.1 Å². The van der Waals surface area contributed by atoms with Crippen molar-refractivity contribution in [1.82, 2.24) is 19.9 Å². The van der Waals surface area contributed by atoms with E-state index in [9.17, 15) is 14.4 Å². The van der Waals surface area contributed by atoms with Crippen LogP contribution >= 0.6 is 0 Å². The molecule has 4 aliphatic rings. The zero-order valence-electron chi connectivity index (χ0n) is 20.0. The first-order valence-corrected chi connectivity index (χ1v) is 11.5. The molecule has 1 aromatic rings. The maximum absolute atomic E-state index is 12.8. The lowest BCUT2D eigenvalue weighted by Crippen LogP contribution is -2.52. The Morgan fingerprint density at radius 2 is 1.65 bits per heavy atom. The Kier molecular flexibility index (Phi) is 6.62. The van der Waals surface area contributed by atoms with E-state index >= 15 is 0 Å². The van der Waals surface area contributed by atoms with Gasteiger partial charge in [-0.25, -0.2) is 24.8 Å². The number of aliphatic imine (C=N–C) groups is 1. The van der Waals surface area contributed by atoms with Crippen LogP contribution in [0.15, 0.2) is 33.4 Å². The number of benzene rings is 1. The molecule has 34 heavy (non-hydrogen) atoms. The fourth-order valence-electron chi connectivity index (χ4n) is 4.10. The van der Waals surface area contributed by atoms with Crippen molar-refractivity contribution in [3.8, 4) is 0 Å². The van der Waals surface area contributed by atoms with Gasteiger partial charge in [-0.15, -0.1) is 0 Å². The molecule has 1 aromatic carbocycles. The van der Waals surface area contributed by atoms with E-state index in [4.69, 9.17) is 0 Å². The lowest BCUT2D eigenvalue weighted by atomic mass is 10.0. The largest absolute Gasteiger partial charge is 0.360 e. The fourth-order valence-corrected chi connectivity index (χ4v) is 4.10. The van der Waals surface area contributed by atoms with Crippen molar-refractivity contribution >= 4 is 47.6 Å². The molecule has 0 aromatic heterocycles. The molecular formula is C23H30N8O3. The summed E-state index contributed by atoms with van der Waals surface area (Å²) in [5.74, 6) is -0.477. The van der Waals surface area contributed by atoms with E-state index in [2.05, 4.69) is 15.2 Å². The smallest absolute Gasteiger partial charge is 0.347 e. The number of carbonyl (C=O) groups excluding carboxylic acids is 3. The van der Waals surface area contributed by atoms with Crippen LogP contribution in [0.2, 0.25) is 0 Å². The predicted octanol–water partition coefficient (Wildman–Crippen LogP) is 2.55. The lowest BCUT2D eigenvalue weighted by Gasteiger charge is -2.35. The van der Waals surface area contributed by atoms with E-state index < -0.39 is 5.92 Å². The Hall–Kier alpha value is -3.76. The van der Waals surface area contributed by atoms with Crippen molar-refractivity contribution in [2.45, 2.75) is 39.5 Å². The summed E-state index contributed by atoms with van der Waals surface area (Å²) >= 11 is 0. The summed E-state index contributed by atoms with van der Waals surface area (Å²) in [4.78, 5) is 43.3. The number of hydrazone groups is 2. The van der Waals surface area contributed by atoms with Gasteiger partial charge in [0, 0.05) is 39.4 Å². The topological polar surface area (TPSA) is 104 Å². The summed E-state index contributed by atoms with van der Waals surface area (Å²) in [5, 5.41) is 13.7. The second-order valence-electron chi connectivity index (χ2n) is 8.64. The van der Waals surface area contributed by atoms with Crippen LogP contribution in [-0.4, -0.2) is 83.3 Å². The van der Waals surface area contributed by atoms with E-state index in [-0.39, 0.29) is 17.8 Å². The molecule has 0 aliphatic carbocycles. The highest BCUT2D eigenvalue weighted by Gasteiger charge is 2.50. The average Bonchev–Trinajstić information content (AvgIpc) is 3.58. The van der Waals surface area contributed by atoms with Crippen LogP contribution in [0.5, 0.6) is 0 Å². The molecule has 0 N–H and O–H groups in total. The van der Waals surface area contributed by atoms with E-state index in [0.29, 0.717) is 36.8 Å². The monoisotopic (exact) mass is 466 g/mol. The number of rotatable bonds is 2. The minimum absolute atomic E-state index is 0.113. The maximum Gasteiger partial charge on any atom is 0.360 e. The summed E-state index contributed by atoms with van der Waals surface area (Å²) < 4.78 is 0. The van der Waals surface area contributed by atoms with E-state index in [0.717, 1.165) is 24.8 Å². The van der Waals surface area contributed by atoms with Crippen LogP contribution in [0, 0.1) is 12.8 Å². The predicted molar refractivity (Wildman–Crippen MR) is 130 cm³/mol. The summed E-state index contributed by atoms with van der Waals surface area (Å²) in [7, 11) is 3.64. The van der Waals surface area contributed by atoms with Gasteiger partial charge in [-0.3, -0.25) is 9.59 Å². The Morgan fingerprint density at radius 3 is 2.18 bits per heavy atom. The number of hydrogen-bond donors (Lipinski definition) is 0. The number of carbonyl (C=O) groups is 3. The number of hydrogen-bond acceptors (Lipinski definition) is 7. The molecule has 4 amide bonds. The minimum atomic E-state index is -0.610. The molecule has 1 saturated heterocycles. The lowest BCUT2D eigenvalue weighted by molar-refractivity contribution is -0.130. The Bertz CT molecular complexity index is 1060. The Balaban J connectivity index is 0.000000192. The highest BCUT2D eigenvalue weighted by molar-refractivity contribution is 6.22. The highest BCUT2D eigenvalue weighted by Crippen LogP contribution is 2.40. The number of nitrogens with zero attached hydrogens (tertiary/aromatic N) is 8. The molecular weight excluding hydrogens is 436 g/mol.